The van der Waals surface area contributed by atoms with E-state index in [2.05, 4.69) is 10.2 Å². The quantitative estimate of drug-likeness (QED) is 0.898. The summed E-state index contributed by atoms with van der Waals surface area (Å²) >= 11 is 7.43. The first kappa shape index (κ1) is 14.7. The first-order chi connectivity index (χ1) is 10.1. The summed E-state index contributed by atoms with van der Waals surface area (Å²) in [5.74, 6) is 0. The summed E-state index contributed by atoms with van der Waals surface area (Å²) in [6.07, 6.45) is 0.988. The van der Waals surface area contributed by atoms with Gasteiger partial charge in [-0.05, 0) is 24.1 Å². The fourth-order valence-electron chi connectivity index (χ4n) is 2.49. The molecular formula is C14H17ClN4OS. The number of aromatic nitrogens is 2. The molecule has 0 aliphatic carbocycles. The van der Waals surface area contributed by atoms with Crippen molar-refractivity contribution in [2.24, 2.45) is 5.73 Å². The number of hydrogen-bond acceptors (Lipinski definition) is 6. The first-order valence-corrected chi connectivity index (χ1v) is 8.05. The molecule has 0 bridgehead atoms. The van der Waals surface area contributed by atoms with E-state index in [1.54, 1.807) is 11.3 Å². The van der Waals surface area contributed by atoms with Crippen molar-refractivity contribution in [1.82, 2.24) is 10.2 Å². The van der Waals surface area contributed by atoms with Crippen LogP contribution in [0, 0.1) is 0 Å². The van der Waals surface area contributed by atoms with Crippen molar-refractivity contribution in [3.8, 4) is 0 Å². The SMILES string of the molecule is NC1CC(O)CN(c2nnc(Cc3ccc(Cl)cc3)s2)C1. The minimum absolute atomic E-state index is 0.0163. The fraction of sp³-hybridized carbons (Fsp3) is 0.429. The maximum Gasteiger partial charge on any atom is 0.208 e. The van der Waals surface area contributed by atoms with Crippen molar-refractivity contribution >= 4 is 28.1 Å². The maximum atomic E-state index is 9.80. The molecule has 7 heteroatoms. The Hall–Kier alpha value is -1.21. The van der Waals surface area contributed by atoms with Crippen LogP contribution in [0.4, 0.5) is 5.13 Å². The minimum Gasteiger partial charge on any atom is -0.391 e. The van der Waals surface area contributed by atoms with Crippen molar-refractivity contribution in [3.63, 3.8) is 0 Å². The average molecular weight is 325 g/mol. The first-order valence-electron chi connectivity index (χ1n) is 6.85. The van der Waals surface area contributed by atoms with E-state index in [4.69, 9.17) is 17.3 Å². The summed E-state index contributed by atoms with van der Waals surface area (Å²) in [5, 5.41) is 20.8. The topological polar surface area (TPSA) is 75.3 Å². The number of piperidine rings is 1. The molecule has 2 unspecified atom stereocenters. The lowest BCUT2D eigenvalue weighted by molar-refractivity contribution is 0.145. The van der Waals surface area contributed by atoms with Gasteiger partial charge in [0.1, 0.15) is 5.01 Å². The molecule has 5 nitrogen and oxygen atoms in total. The summed E-state index contributed by atoms with van der Waals surface area (Å²) in [4.78, 5) is 2.02. The second-order valence-corrected chi connectivity index (χ2v) is 6.81. The zero-order valence-corrected chi connectivity index (χ0v) is 13.0. The van der Waals surface area contributed by atoms with Gasteiger partial charge in [0.15, 0.2) is 0 Å². The molecule has 1 fully saturated rings. The summed E-state index contributed by atoms with van der Waals surface area (Å²) < 4.78 is 0. The van der Waals surface area contributed by atoms with Gasteiger partial charge in [-0.2, -0.15) is 0 Å². The molecular weight excluding hydrogens is 308 g/mol. The number of anilines is 1. The van der Waals surface area contributed by atoms with Gasteiger partial charge >= 0.3 is 0 Å². The van der Waals surface area contributed by atoms with Gasteiger partial charge in [0.2, 0.25) is 5.13 Å². The number of aliphatic hydroxyl groups is 1. The third-order valence-corrected chi connectivity index (χ3v) is 4.69. The van der Waals surface area contributed by atoms with Crippen molar-refractivity contribution in [3.05, 3.63) is 39.9 Å². The van der Waals surface area contributed by atoms with Gasteiger partial charge in [0.05, 0.1) is 6.10 Å². The smallest absolute Gasteiger partial charge is 0.208 e. The Bertz CT molecular complexity index is 593. The molecule has 0 spiro atoms. The molecule has 1 aromatic carbocycles. The molecule has 2 atom stereocenters. The Morgan fingerprint density at radius 1 is 1.29 bits per heavy atom. The van der Waals surface area contributed by atoms with Gasteiger partial charge in [-0.3, -0.25) is 0 Å². The second kappa shape index (κ2) is 6.27. The Labute approximate surface area is 132 Å². The van der Waals surface area contributed by atoms with Crippen LogP contribution in [0.25, 0.3) is 0 Å². The zero-order valence-electron chi connectivity index (χ0n) is 11.4. The van der Waals surface area contributed by atoms with E-state index in [1.807, 2.05) is 29.2 Å². The molecule has 2 heterocycles. The fourth-order valence-corrected chi connectivity index (χ4v) is 3.50. The monoisotopic (exact) mass is 324 g/mol. The number of halogens is 1. The van der Waals surface area contributed by atoms with E-state index in [1.165, 1.54) is 0 Å². The molecule has 1 aliphatic heterocycles. The third-order valence-electron chi connectivity index (χ3n) is 3.46. The van der Waals surface area contributed by atoms with Crippen molar-refractivity contribution in [2.45, 2.75) is 25.0 Å². The molecule has 112 valence electrons. The molecule has 1 aromatic heterocycles. The van der Waals surface area contributed by atoms with Crippen LogP contribution in [0.2, 0.25) is 5.02 Å². The van der Waals surface area contributed by atoms with Crippen LogP contribution in [-0.2, 0) is 6.42 Å². The van der Waals surface area contributed by atoms with Crippen LogP contribution in [-0.4, -0.2) is 40.5 Å². The Kier molecular flexibility index (Phi) is 4.40. The van der Waals surface area contributed by atoms with Crippen LogP contribution >= 0.6 is 22.9 Å². The van der Waals surface area contributed by atoms with Crippen LogP contribution in [0.15, 0.2) is 24.3 Å². The van der Waals surface area contributed by atoms with Crippen molar-refractivity contribution in [1.29, 1.82) is 0 Å². The number of rotatable bonds is 3. The Morgan fingerprint density at radius 3 is 2.76 bits per heavy atom. The molecule has 0 saturated carbocycles. The highest BCUT2D eigenvalue weighted by atomic mass is 35.5. The molecule has 0 amide bonds. The standard InChI is InChI=1S/C14H17ClN4OS/c15-10-3-1-9(2-4-10)5-13-17-18-14(21-13)19-7-11(16)6-12(20)8-19/h1-4,11-12,20H,5-8,16H2. The highest BCUT2D eigenvalue weighted by Crippen LogP contribution is 2.25. The summed E-state index contributed by atoms with van der Waals surface area (Å²) in [5.41, 5.74) is 7.09. The van der Waals surface area contributed by atoms with Crippen LogP contribution in [0.1, 0.15) is 17.0 Å². The van der Waals surface area contributed by atoms with Crippen LogP contribution in [0.5, 0.6) is 0 Å². The minimum atomic E-state index is -0.391. The van der Waals surface area contributed by atoms with E-state index in [0.29, 0.717) is 19.5 Å². The van der Waals surface area contributed by atoms with E-state index in [-0.39, 0.29) is 6.04 Å². The van der Waals surface area contributed by atoms with Gasteiger partial charge < -0.3 is 15.7 Å². The number of nitrogens with two attached hydrogens (primary N) is 1. The molecule has 0 radical (unpaired) electrons. The van der Waals surface area contributed by atoms with Gasteiger partial charge in [0, 0.05) is 30.6 Å². The molecule has 1 aliphatic rings. The lowest BCUT2D eigenvalue weighted by atomic mass is 10.1. The molecule has 2 aromatic rings. The Balaban J connectivity index is 1.69. The van der Waals surface area contributed by atoms with Gasteiger partial charge in [0.25, 0.3) is 0 Å². The largest absolute Gasteiger partial charge is 0.391 e. The highest BCUT2D eigenvalue weighted by Gasteiger charge is 2.25. The molecule has 3 rings (SSSR count). The second-order valence-electron chi connectivity index (χ2n) is 5.34. The zero-order chi connectivity index (χ0) is 14.8. The summed E-state index contributed by atoms with van der Waals surface area (Å²) in [6.45, 7) is 1.29. The van der Waals surface area contributed by atoms with E-state index < -0.39 is 6.10 Å². The Morgan fingerprint density at radius 2 is 2.05 bits per heavy atom. The number of nitrogens with zero attached hydrogens (tertiary/aromatic N) is 3. The van der Waals surface area contributed by atoms with Crippen LogP contribution < -0.4 is 10.6 Å². The lowest BCUT2D eigenvalue weighted by Gasteiger charge is -2.33. The van der Waals surface area contributed by atoms with Crippen LogP contribution in [0.3, 0.4) is 0 Å². The molecule has 1 saturated heterocycles. The van der Waals surface area contributed by atoms with Gasteiger partial charge in [-0.25, -0.2) is 0 Å². The van der Waals surface area contributed by atoms with Crippen molar-refractivity contribution < 1.29 is 5.11 Å². The molecule has 3 N–H and O–H groups in total. The highest BCUT2D eigenvalue weighted by molar-refractivity contribution is 7.15. The van der Waals surface area contributed by atoms with Gasteiger partial charge in [-0.15, -0.1) is 10.2 Å². The number of aliphatic hydroxyl groups excluding tert-OH is 1. The van der Waals surface area contributed by atoms with E-state index in [9.17, 15) is 5.11 Å². The summed E-state index contributed by atoms with van der Waals surface area (Å²) in [7, 11) is 0. The van der Waals surface area contributed by atoms with E-state index >= 15 is 0 Å². The predicted octanol–water partition coefficient (Wildman–Crippen LogP) is 1.68. The predicted molar refractivity (Wildman–Crippen MR) is 85.0 cm³/mol. The third kappa shape index (κ3) is 3.71. The van der Waals surface area contributed by atoms with Crippen molar-refractivity contribution in [2.75, 3.05) is 18.0 Å². The van der Waals surface area contributed by atoms with E-state index in [0.717, 1.165) is 27.1 Å². The average Bonchev–Trinajstić information content (AvgIpc) is 2.89. The summed E-state index contributed by atoms with van der Waals surface area (Å²) in [6, 6.07) is 7.71. The number of β-amino-alcohol motifs (C(OH)–C–C–N with tert-alkyl or cyclic N) is 1. The molecule has 21 heavy (non-hydrogen) atoms. The number of benzene rings is 1. The number of hydrogen-bond donors (Lipinski definition) is 2. The normalized spacial score (nSPS) is 22.5. The lowest BCUT2D eigenvalue weighted by Crippen LogP contribution is -2.49. The van der Waals surface area contributed by atoms with Gasteiger partial charge in [-0.1, -0.05) is 35.1 Å². The maximum absolute atomic E-state index is 9.80.